The van der Waals surface area contributed by atoms with E-state index in [1.165, 1.54) is 12.1 Å². The maximum absolute atomic E-state index is 13.0. The summed E-state index contributed by atoms with van der Waals surface area (Å²) in [6.07, 6.45) is 0.310. The molecule has 0 saturated carbocycles. The molecule has 0 N–H and O–H groups in total. The Kier molecular flexibility index (Phi) is 4.24. The Morgan fingerprint density at radius 2 is 1.80 bits per heavy atom. The minimum atomic E-state index is -0.657. The molecule has 0 bridgehead atoms. The van der Waals surface area contributed by atoms with Crippen molar-refractivity contribution in [2.45, 2.75) is 25.7 Å². The Hall–Kier alpha value is -1.67. The zero-order valence-corrected chi connectivity index (χ0v) is 12.2. The van der Waals surface area contributed by atoms with Crippen LogP contribution in [0.15, 0.2) is 48.5 Å². The molecule has 0 aliphatic heterocycles. The van der Waals surface area contributed by atoms with Gasteiger partial charge >= 0.3 is 0 Å². The van der Waals surface area contributed by atoms with Crippen LogP contribution in [0.2, 0.25) is 5.02 Å². The van der Waals surface area contributed by atoms with Gasteiger partial charge < -0.3 is 0 Å². The molecule has 2 aromatic carbocycles. The molecule has 0 fully saturated rings. The van der Waals surface area contributed by atoms with Gasteiger partial charge in [0.2, 0.25) is 0 Å². The lowest BCUT2D eigenvalue weighted by Gasteiger charge is -2.24. The van der Waals surface area contributed by atoms with Gasteiger partial charge in [-0.3, -0.25) is 4.79 Å². The highest BCUT2D eigenvalue weighted by molar-refractivity contribution is 6.30. The molecule has 0 aliphatic rings. The summed E-state index contributed by atoms with van der Waals surface area (Å²) in [4.78, 5) is 12.5. The van der Waals surface area contributed by atoms with E-state index in [9.17, 15) is 9.18 Å². The number of rotatable bonds is 4. The summed E-state index contributed by atoms with van der Waals surface area (Å²) in [5.74, 6) is -0.224. The van der Waals surface area contributed by atoms with Crippen molar-refractivity contribution >= 4 is 17.4 Å². The van der Waals surface area contributed by atoms with Gasteiger partial charge in [0.05, 0.1) is 0 Å². The molecule has 0 amide bonds. The third kappa shape index (κ3) is 3.26. The lowest BCUT2D eigenvalue weighted by molar-refractivity contribution is -0.122. The van der Waals surface area contributed by atoms with Crippen LogP contribution in [0.1, 0.15) is 25.0 Å². The Labute approximate surface area is 123 Å². The molecule has 104 valence electrons. The number of hydrogen-bond acceptors (Lipinski definition) is 1. The van der Waals surface area contributed by atoms with E-state index in [0.717, 1.165) is 11.1 Å². The van der Waals surface area contributed by atoms with Crippen LogP contribution in [0, 0.1) is 5.82 Å². The van der Waals surface area contributed by atoms with Crippen molar-refractivity contribution in [3.05, 3.63) is 70.5 Å². The molecule has 0 radical (unpaired) electrons. The van der Waals surface area contributed by atoms with E-state index in [1.54, 1.807) is 24.3 Å². The van der Waals surface area contributed by atoms with Gasteiger partial charge in [0.15, 0.2) is 0 Å². The Bertz CT molecular complexity index is 617. The topological polar surface area (TPSA) is 17.1 Å². The second-order valence-electron chi connectivity index (χ2n) is 5.36. The van der Waals surface area contributed by atoms with E-state index in [0.29, 0.717) is 11.4 Å². The van der Waals surface area contributed by atoms with Crippen LogP contribution in [0.3, 0.4) is 0 Å². The first-order valence-electron chi connectivity index (χ1n) is 6.43. The molecule has 2 rings (SSSR count). The summed E-state index contributed by atoms with van der Waals surface area (Å²) in [6.45, 7) is 3.71. The maximum atomic E-state index is 13.0. The lowest BCUT2D eigenvalue weighted by atomic mass is 9.78. The van der Waals surface area contributed by atoms with Crippen LogP contribution in [0.25, 0.3) is 0 Å². The summed E-state index contributed by atoms with van der Waals surface area (Å²) in [6, 6.07) is 13.4. The zero-order valence-electron chi connectivity index (χ0n) is 11.5. The summed E-state index contributed by atoms with van der Waals surface area (Å²) >= 11 is 5.92. The second kappa shape index (κ2) is 5.76. The van der Waals surface area contributed by atoms with Gasteiger partial charge in [0, 0.05) is 16.9 Å². The molecule has 0 saturated heterocycles. The molecule has 20 heavy (non-hydrogen) atoms. The summed E-state index contributed by atoms with van der Waals surface area (Å²) in [7, 11) is 0. The predicted molar refractivity (Wildman–Crippen MR) is 79.6 cm³/mol. The van der Waals surface area contributed by atoms with Gasteiger partial charge in [-0.05, 0) is 49.2 Å². The Morgan fingerprint density at radius 3 is 2.40 bits per heavy atom. The van der Waals surface area contributed by atoms with Crippen LogP contribution >= 0.6 is 11.6 Å². The molecule has 1 nitrogen and oxygen atoms in total. The van der Waals surface area contributed by atoms with Gasteiger partial charge in [-0.15, -0.1) is 0 Å². The summed E-state index contributed by atoms with van der Waals surface area (Å²) in [5.41, 5.74) is 1.04. The highest BCUT2D eigenvalue weighted by Gasteiger charge is 2.29. The fourth-order valence-electron chi connectivity index (χ4n) is 2.08. The number of halogens is 2. The minimum absolute atomic E-state index is 0.0753. The molecular weight excluding hydrogens is 275 g/mol. The van der Waals surface area contributed by atoms with Gasteiger partial charge in [-0.1, -0.05) is 35.9 Å². The van der Waals surface area contributed by atoms with Crippen molar-refractivity contribution in [1.29, 1.82) is 0 Å². The fraction of sp³-hybridized carbons (Fsp3) is 0.235. The summed E-state index contributed by atoms with van der Waals surface area (Å²) in [5, 5.41) is 0.620. The van der Waals surface area contributed by atoms with Crippen molar-refractivity contribution in [3.63, 3.8) is 0 Å². The van der Waals surface area contributed by atoms with Crippen LogP contribution in [0.4, 0.5) is 4.39 Å². The lowest BCUT2D eigenvalue weighted by Crippen LogP contribution is -2.30. The van der Waals surface area contributed by atoms with Crippen molar-refractivity contribution < 1.29 is 9.18 Å². The molecule has 3 heteroatoms. The second-order valence-corrected chi connectivity index (χ2v) is 5.80. The fourth-order valence-corrected chi connectivity index (χ4v) is 2.29. The van der Waals surface area contributed by atoms with E-state index < -0.39 is 5.41 Å². The number of Topliss-reactive ketones (excluding diaryl/α,β-unsaturated/α-hetero) is 1. The van der Waals surface area contributed by atoms with E-state index >= 15 is 0 Å². The van der Waals surface area contributed by atoms with E-state index in [2.05, 4.69) is 0 Å². The Morgan fingerprint density at radius 1 is 1.15 bits per heavy atom. The average Bonchev–Trinajstić information content (AvgIpc) is 2.39. The highest BCUT2D eigenvalue weighted by Crippen LogP contribution is 2.26. The number of ketones is 1. The van der Waals surface area contributed by atoms with E-state index in [4.69, 9.17) is 11.6 Å². The number of carbonyl (C=O) groups is 1. The smallest absolute Gasteiger partial charge is 0.147 e. The van der Waals surface area contributed by atoms with Crippen molar-refractivity contribution in [2.75, 3.05) is 0 Å². The van der Waals surface area contributed by atoms with Crippen molar-refractivity contribution in [2.24, 2.45) is 0 Å². The zero-order chi connectivity index (χ0) is 14.8. The summed E-state index contributed by atoms with van der Waals surface area (Å²) < 4.78 is 13.0. The predicted octanol–water partition coefficient (Wildman–Crippen LogP) is 4.57. The van der Waals surface area contributed by atoms with Crippen molar-refractivity contribution in [1.82, 2.24) is 0 Å². The van der Waals surface area contributed by atoms with Crippen molar-refractivity contribution in [3.8, 4) is 0 Å². The molecule has 0 spiro atoms. The van der Waals surface area contributed by atoms with Gasteiger partial charge in [0.25, 0.3) is 0 Å². The first-order chi connectivity index (χ1) is 9.39. The van der Waals surface area contributed by atoms with E-state index in [1.807, 2.05) is 26.0 Å². The molecule has 2 aromatic rings. The first-order valence-corrected chi connectivity index (χ1v) is 6.81. The molecule has 0 aliphatic carbocycles. The van der Waals surface area contributed by atoms with Gasteiger partial charge in [-0.2, -0.15) is 0 Å². The monoisotopic (exact) mass is 290 g/mol. The van der Waals surface area contributed by atoms with E-state index in [-0.39, 0.29) is 11.6 Å². The number of benzene rings is 2. The first kappa shape index (κ1) is 14.7. The van der Waals surface area contributed by atoms with Gasteiger partial charge in [-0.25, -0.2) is 4.39 Å². The van der Waals surface area contributed by atoms with Crippen LogP contribution in [0.5, 0.6) is 0 Å². The third-order valence-electron chi connectivity index (χ3n) is 3.52. The largest absolute Gasteiger partial charge is 0.298 e. The van der Waals surface area contributed by atoms with Crippen LogP contribution in [-0.2, 0) is 16.6 Å². The molecule has 0 atom stereocenters. The normalized spacial score (nSPS) is 11.4. The van der Waals surface area contributed by atoms with Gasteiger partial charge in [0.1, 0.15) is 11.6 Å². The molecule has 0 unspecified atom stereocenters. The molecule has 0 heterocycles. The SMILES string of the molecule is CC(C)(C(=O)Cc1cccc(Cl)c1)c1ccc(F)cc1. The van der Waals surface area contributed by atoms with Crippen LogP contribution in [-0.4, -0.2) is 5.78 Å². The number of carbonyl (C=O) groups excluding carboxylic acids is 1. The third-order valence-corrected chi connectivity index (χ3v) is 3.75. The quantitative estimate of drug-likeness (QED) is 0.806. The maximum Gasteiger partial charge on any atom is 0.147 e. The standard InChI is InChI=1S/C17H16ClFO/c1-17(2,13-6-8-15(19)9-7-13)16(20)11-12-4-3-5-14(18)10-12/h3-10H,11H2,1-2H3. The highest BCUT2D eigenvalue weighted by atomic mass is 35.5. The Balaban J connectivity index is 2.21. The van der Waals surface area contributed by atoms with Crippen LogP contribution < -0.4 is 0 Å². The average molecular weight is 291 g/mol. The molecular formula is C17H16ClFO. The molecule has 0 aromatic heterocycles. The minimum Gasteiger partial charge on any atom is -0.298 e. The number of hydrogen-bond donors (Lipinski definition) is 0.